The van der Waals surface area contributed by atoms with Gasteiger partial charge in [-0.2, -0.15) is 0 Å². The maximum Gasteiger partial charge on any atom is 0.228 e. The third-order valence-corrected chi connectivity index (χ3v) is 5.45. The van der Waals surface area contributed by atoms with Gasteiger partial charge in [0.05, 0.1) is 21.1 Å². The van der Waals surface area contributed by atoms with Gasteiger partial charge in [-0.25, -0.2) is 4.98 Å². The van der Waals surface area contributed by atoms with Gasteiger partial charge in [0.15, 0.2) is 0 Å². The average molecular weight is 338 g/mol. The van der Waals surface area contributed by atoms with Crippen molar-refractivity contribution in [2.45, 2.75) is 31.6 Å². The van der Waals surface area contributed by atoms with Crippen molar-refractivity contribution < 1.29 is 4.79 Å². The Hall–Kier alpha value is -1.17. The van der Waals surface area contributed by atoms with Crippen molar-refractivity contribution >= 4 is 45.6 Å². The monoisotopic (exact) mass is 337 g/mol. The van der Waals surface area contributed by atoms with Crippen LogP contribution in [0.2, 0.25) is 0 Å². The molecule has 6 heteroatoms. The quantitative estimate of drug-likeness (QED) is 0.900. The maximum atomic E-state index is 12.3. The number of hydrogen-bond acceptors (Lipinski definition) is 4. The van der Waals surface area contributed by atoms with Gasteiger partial charge in [-0.1, -0.05) is 0 Å². The summed E-state index contributed by atoms with van der Waals surface area (Å²) < 4.78 is 1.18. The SMILES string of the molecule is Cl.O=C(Nc1ccc2nc(C3CC3)sc2c1)C1CCCNC1. The fourth-order valence-electron chi connectivity index (χ4n) is 2.85. The number of amides is 1. The van der Waals surface area contributed by atoms with Crippen molar-refractivity contribution in [3.05, 3.63) is 23.2 Å². The van der Waals surface area contributed by atoms with Crippen LogP contribution in [0.3, 0.4) is 0 Å². The normalized spacial score (nSPS) is 21.4. The largest absolute Gasteiger partial charge is 0.326 e. The van der Waals surface area contributed by atoms with Gasteiger partial charge in [-0.3, -0.25) is 4.79 Å². The van der Waals surface area contributed by atoms with E-state index in [0.717, 1.165) is 37.1 Å². The van der Waals surface area contributed by atoms with Crippen LogP contribution in [0.4, 0.5) is 5.69 Å². The number of hydrogen-bond donors (Lipinski definition) is 2. The number of thiazole rings is 1. The molecule has 2 fully saturated rings. The van der Waals surface area contributed by atoms with Crippen LogP contribution in [0.1, 0.15) is 36.6 Å². The number of aromatic nitrogens is 1. The first-order valence-electron chi connectivity index (χ1n) is 7.72. The molecule has 2 aliphatic rings. The number of rotatable bonds is 3. The first-order chi connectivity index (χ1) is 10.3. The molecule has 1 saturated heterocycles. The van der Waals surface area contributed by atoms with Crippen LogP contribution in [0.25, 0.3) is 10.2 Å². The second-order valence-electron chi connectivity index (χ2n) is 6.04. The molecule has 0 radical (unpaired) electrons. The van der Waals surface area contributed by atoms with Gasteiger partial charge >= 0.3 is 0 Å². The number of carbonyl (C=O) groups is 1. The standard InChI is InChI=1S/C16H19N3OS.ClH/c20-15(11-2-1-7-17-9-11)18-12-5-6-13-14(8-12)21-16(19-13)10-3-4-10;/h5-6,8,10-11,17H,1-4,7,9H2,(H,18,20);1H. The summed E-state index contributed by atoms with van der Waals surface area (Å²) in [5, 5.41) is 7.60. The van der Waals surface area contributed by atoms with Crippen molar-refractivity contribution in [3.8, 4) is 0 Å². The number of benzene rings is 1. The zero-order valence-electron chi connectivity index (χ0n) is 12.3. The number of fused-ring (bicyclic) bond motifs is 1. The van der Waals surface area contributed by atoms with E-state index in [-0.39, 0.29) is 24.2 Å². The maximum absolute atomic E-state index is 12.3. The zero-order valence-corrected chi connectivity index (χ0v) is 13.9. The van der Waals surface area contributed by atoms with E-state index in [0.29, 0.717) is 5.92 Å². The van der Waals surface area contributed by atoms with Crippen molar-refractivity contribution in [1.29, 1.82) is 0 Å². The molecule has 2 aromatic rings. The topological polar surface area (TPSA) is 54.0 Å². The van der Waals surface area contributed by atoms with Crippen LogP contribution in [0.5, 0.6) is 0 Å². The van der Waals surface area contributed by atoms with Gasteiger partial charge in [0.2, 0.25) is 5.91 Å². The molecule has 1 atom stereocenters. The highest BCUT2D eigenvalue weighted by Gasteiger charge is 2.27. The minimum absolute atomic E-state index is 0. The van der Waals surface area contributed by atoms with Crippen molar-refractivity contribution in [3.63, 3.8) is 0 Å². The zero-order chi connectivity index (χ0) is 14.2. The molecule has 22 heavy (non-hydrogen) atoms. The Morgan fingerprint density at radius 1 is 1.32 bits per heavy atom. The van der Waals surface area contributed by atoms with Crippen LogP contribution in [0.15, 0.2) is 18.2 Å². The molecule has 1 aliphatic heterocycles. The predicted octanol–water partition coefficient (Wildman–Crippen LogP) is 3.53. The van der Waals surface area contributed by atoms with E-state index in [2.05, 4.69) is 21.7 Å². The Labute approximate surface area is 140 Å². The lowest BCUT2D eigenvalue weighted by Gasteiger charge is -2.21. The van der Waals surface area contributed by atoms with Gasteiger partial charge in [0, 0.05) is 18.2 Å². The highest BCUT2D eigenvalue weighted by molar-refractivity contribution is 7.18. The molecule has 4 nitrogen and oxygen atoms in total. The predicted molar refractivity (Wildman–Crippen MR) is 93.1 cm³/mol. The van der Waals surface area contributed by atoms with Crippen molar-refractivity contribution in [2.75, 3.05) is 18.4 Å². The molecule has 1 saturated carbocycles. The molecule has 0 spiro atoms. The Morgan fingerprint density at radius 3 is 2.91 bits per heavy atom. The number of carbonyl (C=O) groups excluding carboxylic acids is 1. The Balaban J connectivity index is 0.00000144. The summed E-state index contributed by atoms with van der Waals surface area (Å²) >= 11 is 1.77. The second kappa shape index (κ2) is 6.52. The molecule has 118 valence electrons. The Bertz CT molecular complexity index is 677. The highest BCUT2D eigenvalue weighted by atomic mass is 35.5. The molecule has 0 bridgehead atoms. The number of nitrogens with zero attached hydrogens (tertiary/aromatic N) is 1. The Kier molecular flexibility index (Phi) is 4.66. The van der Waals surface area contributed by atoms with E-state index in [1.165, 1.54) is 22.5 Å². The number of piperidine rings is 1. The molecular weight excluding hydrogens is 318 g/mol. The fourth-order valence-corrected chi connectivity index (χ4v) is 4.02. The van der Waals surface area contributed by atoms with Gasteiger partial charge < -0.3 is 10.6 Å². The minimum atomic E-state index is 0. The van der Waals surface area contributed by atoms with E-state index in [1.807, 2.05) is 12.1 Å². The third kappa shape index (κ3) is 3.26. The van der Waals surface area contributed by atoms with Crippen LogP contribution in [-0.4, -0.2) is 24.0 Å². The van der Waals surface area contributed by atoms with Crippen LogP contribution < -0.4 is 10.6 Å². The van der Waals surface area contributed by atoms with Gasteiger partial charge in [0.1, 0.15) is 0 Å². The summed E-state index contributed by atoms with van der Waals surface area (Å²) in [5.74, 6) is 0.917. The van der Waals surface area contributed by atoms with Crippen molar-refractivity contribution in [2.24, 2.45) is 5.92 Å². The summed E-state index contributed by atoms with van der Waals surface area (Å²) in [6.45, 7) is 1.82. The highest BCUT2D eigenvalue weighted by Crippen LogP contribution is 2.43. The van der Waals surface area contributed by atoms with Crippen LogP contribution in [-0.2, 0) is 4.79 Å². The first-order valence-corrected chi connectivity index (χ1v) is 8.53. The summed E-state index contributed by atoms with van der Waals surface area (Å²) in [6.07, 6.45) is 4.61. The van der Waals surface area contributed by atoms with E-state index in [1.54, 1.807) is 11.3 Å². The molecule has 1 aromatic heterocycles. The lowest BCUT2D eigenvalue weighted by Crippen LogP contribution is -2.37. The van der Waals surface area contributed by atoms with Gasteiger partial charge in [-0.15, -0.1) is 23.7 Å². The number of nitrogens with one attached hydrogen (secondary N) is 2. The molecule has 1 unspecified atom stereocenters. The summed E-state index contributed by atoms with van der Waals surface area (Å²) in [4.78, 5) is 16.9. The minimum Gasteiger partial charge on any atom is -0.326 e. The number of halogens is 1. The molecule has 2 N–H and O–H groups in total. The molecular formula is C16H20ClN3OS. The van der Waals surface area contributed by atoms with E-state index >= 15 is 0 Å². The lowest BCUT2D eigenvalue weighted by molar-refractivity contribution is -0.120. The third-order valence-electron chi connectivity index (χ3n) is 4.27. The summed E-state index contributed by atoms with van der Waals surface area (Å²) in [6, 6.07) is 6.05. The van der Waals surface area contributed by atoms with E-state index < -0.39 is 0 Å². The summed E-state index contributed by atoms with van der Waals surface area (Å²) in [5.41, 5.74) is 1.95. The van der Waals surface area contributed by atoms with Crippen LogP contribution in [0, 0.1) is 5.92 Å². The smallest absolute Gasteiger partial charge is 0.228 e. The molecule has 1 aliphatic carbocycles. The number of anilines is 1. The first kappa shape index (κ1) is 15.7. The van der Waals surface area contributed by atoms with E-state index in [9.17, 15) is 4.79 Å². The van der Waals surface area contributed by atoms with E-state index in [4.69, 9.17) is 0 Å². The average Bonchev–Trinajstić information content (AvgIpc) is 3.28. The molecule has 1 amide bonds. The van der Waals surface area contributed by atoms with Gasteiger partial charge in [-0.05, 0) is 50.4 Å². The fraction of sp³-hybridized carbons (Fsp3) is 0.500. The van der Waals surface area contributed by atoms with Crippen molar-refractivity contribution in [1.82, 2.24) is 10.3 Å². The molecule has 2 heterocycles. The van der Waals surface area contributed by atoms with Gasteiger partial charge in [0.25, 0.3) is 0 Å². The molecule has 4 rings (SSSR count). The molecule has 1 aromatic carbocycles. The second-order valence-corrected chi connectivity index (χ2v) is 7.10. The Morgan fingerprint density at radius 2 is 2.18 bits per heavy atom. The lowest BCUT2D eigenvalue weighted by atomic mass is 9.99. The van der Waals surface area contributed by atoms with Crippen LogP contribution >= 0.6 is 23.7 Å². The summed E-state index contributed by atoms with van der Waals surface area (Å²) in [7, 11) is 0.